The van der Waals surface area contributed by atoms with E-state index in [1.54, 1.807) is 27.7 Å². The van der Waals surface area contributed by atoms with Crippen molar-refractivity contribution in [3.8, 4) is 0 Å². The van der Waals surface area contributed by atoms with E-state index < -0.39 is 114 Å². The second kappa shape index (κ2) is 29.8. The van der Waals surface area contributed by atoms with Gasteiger partial charge in [0.25, 0.3) is 0 Å². The average molecular weight is 942 g/mol. The van der Waals surface area contributed by atoms with Gasteiger partial charge in [0.05, 0.1) is 18.8 Å². The number of carboxylic acid groups (broad SMARTS) is 1. The van der Waals surface area contributed by atoms with Crippen molar-refractivity contribution in [1.82, 2.24) is 42.1 Å². The number of aliphatic carboxylic acids is 1. The van der Waals surface area contributed by atoms with Gasteiger partial charge in [-0.1, -0.05) is 27.7 Å². The number of hydrogen-bond donors (Lipinski definition) is 15. The first-order valence-electron chi connectivity index (χ1n) is 22.4. The number of aliphatic hydroxyl groups is 2. The van der Waals surface area contributed by atoms with E-state index in [1.807, 2.05) is 0 Å². The number of carbonyl (C=O) groups is 9. The van der Waals surface area contributed by atoms with Gasteiger partial charge >= 0.3 is 5.97 Å². The maximum Gasteiger partial charge on any atom is 0.326 e. The van der Waals surface area contributed by atoms with Gasteiger partial charge in [0, 0.05) is 19.5 Å². The molecular formula is C41H75N13O12. The zero-order valence-corrected chi connectivity index (χ0v) is 38.7. The molecule has 0 spiro atoms. The van der Waals surface area contributed by atoms with Crippen LogP contribution < -0.4 is 60.2 Å². The molecule has 1 aliphatic heterocycles. The van der Waals surface area contributed by atoms with E-state index in [0.717, 1.165) is 0 Å². The van der Waals surface area contributed by atoms with Crippen molar-refractivity contribution < 1.29 is 58.5 Å². The zero-order chi connectivity index (χ0) is 50.3. The molecule has 19 N–H and O–H groups in total. The number of carbonyl (C=O) groups excluding carboxylic acids is 8. The molecule has 8 amide bonds. The Kier molecular flexibility index (Phi) is 26.3. The molecular weight excluding hydrogens is 867 g/mol. The summed E-state index contributed by atoms with van der Waals surface area (Å²) in [7, 11) is 0. The highest BCUT2D eigenvalue weighted by atomic mass is 16.4. The lowest BCUT2D eigenvalue weighted by molar-refractivity contribution is -0.143. The fourth-order valence-electron chi connectivity index (χ4n) is 7.08. The fourth-order valence-corrected chi connectivity index (χ4v) is 7.08. The molecule has 66 heavy (non-hydrogen) atoms. The number of guanidine groups is 1. The Morgan fingerprint density at radius 1 is 0.697 bits per heavy atom. The van der Waals surface area contributed by atoms with Gasteiger partial charge in [0.1, 0.15) is 42.3 Å². The molecule has 0 aromatic carbocycles. The molecule has 1 fully saturated rings. The molecule has 376 valence electrons. The molecule has 1 saturated heterocycles. The van der Waals surface area contributed by atoms with Crippen LogP contribution in [0.4, 0.5) is 0 Å². The van der Waals surface area contributed by atoms with E-state index in [0.29, 0.717) is 19.3 Å². The number of nitrogens with one attached hydrogen (secondary N) is 8. The van der Waals surface area contributed by atoms with Crippen LogP contribution in [0, 0.1) is 17.2 Å². The first kappa shape index (κ1) is 58.4. The van der Waals surface area contributed by atoms with Gasteiger partial charge in [-0.15, -0.1) is 0 Å². The molecule has 0 unspecified atom stereocenters. The van der Waals surface area contributed by atoms with Gasteiger partial charge in [0.2, 0.25) is 47.3 Å². The number of carboxylic acids is 1. The molecule has 0 aromatic rings. The van der Waals surface area contributed by atoms with Crippen LogP contribution >= 0.6 is 0 Å². The third-order valence-corrected chi connectivity index (χ3v) is 10.6. The normalized spacial score (nSPS) is 17.2. The van der Waals surface area contributed by atoms with Crippen LogP contribution in [0.1, 0.15) is 105 Å². The predicted molar refractivity (Wildman–Crippen MR) is 240 cm³/mol. The highest BCUT2D eigenvalue weighted by molar-refractivity contribution is 5.98. The van der Waals surface area contributed by atoms with Gasteiger partial charge < -0.3 is 80.4 Å². The molecule has 0 saturated carbocycles. The number of aliphatic hydroxyl groups excluding tert-OH is 2. The maximum atomic E-state index is 13.9. The molecule has 0 bridgehead atoms. The summed E-state index contributed by atoms with van der Waals surface area (Å²) in [6.07, 6.45) is -0.0263. The molecule has 0 aromatic heterocycles. The average Bonchev–Trinajstić information content (AvgIpc) is 3.73. The van der Waals surface area contributed by atoms with Crippen molar-refractivity contribution in [2.75, 3.05) is 26.2 Å². The van der Waals surface area contributed by atoms with Crippen molar-refractivity contribution in [1.29, 1.82) is 5.41 Å². The zero-order valence-electron chi connectivity index (χ0n) is 38.7. The van der Waals surface area contributed by atoms with E-state index in [-0.39, 0.29) is 88.8 Å². The number of likely N-dealkylation sites (tertiary alicyclic amines) is 1. The van der Waals surface area contributed by atoms with Crippen molar-refractivity contribution in [3.05, 3.63) is 0 Å². The van der Waals surface area contributed by atoms with E-state index >= 15 is 0 Å². The minimum Gasteiger partial charge on any atom is -0.480 e. The van der Waals surface area contributed by atoms with Crippen LogP contribution in [0.2, 0.25) is 0 Å². The Labute approximate surface area is 385 Å². The number of hydrogen-bond acceptors (Lipinski definition) is 14. The summed E-state index contributed by atoms with van der Waals surface area (Å²) in [4.78, 5) is 119. The molecule has 25 nitrogen and oxygen atoms in total. The van der Waals surface area contributed by atoms with Crippen molar-refractivity contribution in [2.45, 2.75) is 160 Å². The predicted octanol–water partition coefficient (Wildman–Crippen LogP) is -4.58. The van der Waals surface area contributed by atoms with E-state index in [1.165, 1.54) is 11.8 Å². The van der Waals surface area contributed by atoms with Crippen LogP contribution in [-0.4, -0.2) is 160 Å². The van der Waals surface area contributed by atoms with Crippen LogP contribution in [-0.2, 0) is 43.2 Å². The minimum absolute atomic E-state index is 0.0181. The van der Waals surface area contributed by atoms with Gasteiger partial charge in [-0.05, 0) is 89.5 Å². The van der Waals surface area contributed by atoms with Gasteiger partial charge in [-0.3, -0.25) is 43.8 Å². The first-order valence-corrected chi connectivity index (χ1v) is 22.4. The minimum atomic E-state index is -1.62. The van der Waals surface area contributed by atoms with Crippen molar-refractivity contribution in [3.63, 3.8) is 0 Å². The molecule has 1 aliphatic rings. The number of amides is 8. The quantitative estimate of drug-likeness (QED) is 0.0177. The van der Waals surface area contributed by atoms with Gasteiger partial charge in [-0.2, -0.15) is 0 Å². The number of primary amides is 1. The monoisotopic (exact) mass is 942 g/mol. The number of rotatable bonds is 31. The lowest BCUT2D eigenvalue weighted by Crippen LogP contribution is -2.61. The van der Waals surface area contributed by atoms with Crippen LogP contribution in [0.25, 0.3) is 0 Å². The van der Waals surface area contributed by atoms with E-state index in [4.69, 9.17) is 28.3 Å². The number of nitrogens with two attached hydrogens (primary N) is 4. The smallest absolute Gasteiger partial charge is 0.326 e. The van der Waals surface area contributed by atoms with E-state index in [2.05, 4.69) is 37.2 Å². The molecule has 9 atom stereocenters. The summed E-state index contributed by atoms with van der Waals surface area (Å²) < 4.78 is 0. The van der Waals surface area contributed by atoms with Crippen molar-refractivity contribution in [2.24, 2.45) is 34.8 Å². The first-order chi connectivity index (χ1) is 30.9. The largest absolute Gasteiger partial charge is 0.480 e. The highest BCUT2D eigenvalue weighted by Gasteiger charge is 2.40. The lowest BCUT2D eigenvalue weighted by Gasteiger charge is -2.30. The summed E-state index contributed by atoms with van der Waals surface area (Å²) >= 11 is 0. The lowest BCUT2D eigenvalue weighted by atomic mass is 10.0. The molecule has 25 heteroatoms. The summed E-state index contributed by atoms with van der Waals surface area (Å²) in [6.45, 7) is 7.86. The second-order valence-electron chi connectivity index (χ2n) is 17.4. The van der Waals surface area contributed by atoms with Crippen LogP contribution in [0.3, 0.4) is 0 Å². The Bertz CT molecular complexity index is 1670. The van der Waals surface area contributed by atoms with Gasteiger partial charge in [-0.25, -0.2) is 4.79 Å². The number of unbranched alkanes of at least 4 members (excludes halogenated alkanes) is 1. The molecule has 0 aliphatic carbocycles. The number of nitrogens with zero attached hydrogens (tertiary/aromatic N) is 1. The van der Waals surface area contributed by atoms with Crippen molar-refractivity contribution >= 4 is 59.2 Å². The standard InChI is InChI=1S/C41H75N13O12/c1-21(2)18-27(35(60)48-25(10-6-7-15-42)34(59)53-32(23(5)56)38(63)51-28(40(65)66)19-22(3)4)50-36(61)29(20-55)52-37(62)30-12-9-17-54(30)39(64)26(11-8-16-47-41(45)46)49-33(58)24(43)13-14-31(44)57/h21-30,32,55-56H,6-20,42-43H2,1-5H3,(H2,44,57)(H,48,60)(H,49,58)(H,50,61)(H,51,63)(H,52,62)(H,53,59)(H,65,66)(H4,45,46,47)/t23-,24+,25+,26+,27+,28+,29+,30+,32+/m1/s1. The molecule has 0 radical (unpaired) electrons. The highest BCUT2D eigenvalue weighted by Crippen LogP contribution is 2.20. The topological polar surface area (TPSA) is 430 Å². The third-order valence-electron chi connectivity index (χ3n) is 10.6. The van der Waals surface area contributed by atoms with Crippen LogP contribution in [0.5, 0.6) is 0 Å². The van der Waals surface area contributed by atoms with Crippen LogP contribution in [0.15, 0.2) is 0 Å². The Balaban J connectivity index is 3.26. The van der Waals surface area contributed by atoms with Gasteiger partial charge in [0.15, 0.2) is 5.96 Å². The SMILES string of the molecule is CC(C)C[C@H](NC(=O)[C@@H](NC(=O)[C@H](CCCCN)NC(=O)[C@H](CC(C)C)NC(=O)[C@H](CO)NC(=O)[C@@H]1CCCN1C(=O)[C@H](CCCNC(=N)N)NC(=O)[C@@H](N)CCC(N)=O)[C@@H](C)O)C(=O)O. The Morgan fingerprint density at radius 2 is 1.24 bits per heavy atom. The molecule has 1 heterocycles. The maximum absolute atomic E-state index is 13.9. The summed E-state index contributed by atoms with van der Waals surface area (Å²) in [6, 6.07) is -10.7. The molecule has 1 rings (SSSR count). The second-order valence-corrected chi connectivity index (χ2v) is 17.4. The summed E-state index contributed by atoms with van der Waals surface area (Å²) in [5.74, 6) is -8.47. The Morgan fingerprint density at radius 3 is 1.79 bits per heavy atom. The summed E-state index contributed by atoms with van der Waals surface area (Å²) in [5.41, 5.74) is 22.1. The summed E-state index contributed by atoms with van der Waals surface area (Å²) in [5, 5.41) is 55.2. The fraction of sp³-hybridized carbons (Fsp3) is 0.756. The Hall–Kier alpha value is -5.66. The third kappa shape index (κ3) is 21.1. The van der Waals surface area contributed by atoms with E-state index in [9.17, 15) is 58.5 Å².